The first kappa shape index (κ1) is 22.6. The van der Waals surface area contributed by atoms with Gasteiger partial charge < -0.3 is 24.5 Å². The number of aromatic nitrogens is 4. The normalized spacial score (nSPS) is 12.1. The molecule has 3 rings (SSSR count). The number of aliphatic hydroxyl groups is 1. The fraction of sp³-hybridized carbons (Fsp3) is 0.455. The van der Waals surface area contributed by atoms with E-state index in [1.165, 1.54) is 0 Å². The molecule has 0 saturated heterocycles. The molecule has 3 heterocycles. The van der Waals surface area contributed by atoms with E-state index in [2.05, 4.69) is 20.3 Å². The van der Waals surface area contributed by atoms with E-state index in [-0.39, 0.29) is 24.0 Å². The van der Waals surface area contributed by atoms with E-state index in [1.54, 1.807) is 30.1 Å². The Morgan fingerprint density at radius 3 is 2.68 bits per heavy atom. The van der Waals surface area contributed by atoms with Gasteiger partial charge in [0.2, 0.25) is 5.88 Å². The Bertz CT molecular complexity index is 1050. The highest BCUT2D eigenvalue weighted by Crippen LogP contribution is 2.22. The van der Waals surface area contributed by atoms with Crippen LogP contribution >= 0.6 is 0 Å². The summed E-state index contributed by atoms with van der Waals surface area (Å²) in [5.41, 5.74) is 2.46. The first-order valence-electron chi connectivity index (χ1n) is 10.5. The molecular weight excluding hydrogens is 398 g/mol. The van der Waals surface area contributed by atoms with Crippen LogP contribution in [-0.4, -0.2) is 57.6 Å². The summed E-state index contributed by atoms with van der Waals surface area (Å²) < 4.78 is 12.4. The molecule has 0 aliphatic carbocycles. The smallest absolute Gasteiger partial charge is 0.293 e. The minimum Gasteiger partial charge on any atom is -0.481 e. The molecule has 2 N–H and O–H groups in total. The van der Waals surface area contributed by atoms with Gasteiger partial charge in [0, 0.05) is 31.0 Å². The monoisotopic (exact) mass is 427 g/mol. The van der Waals surface area contributed by atoms with Gasteiger partial charge in [-0.2, -0.15) is 0 Å². The first-order valence-corrected chi connectivity index (χ1v) is 10.5. The van der Waals surface area contributed by atoms with Gasteiger partial charge in [0.05, 0.1) is 43.8 Å². The fourth-order valence-electron chi connectivity index (χ4n) is 3.14. The molecule has 0 radical (unpaired) electrons. The average Bonchev–Trinajstić information content (AvgIpc) is 2.81. The molecule has 3 aromatic heterocycles. The van der Waals surface area contributed by atoms with Crippen LogP contribution in [0.5, 0.6) is 5.88 Å². The van der Waals surface area contributed by atoms with E-state index in [0.29, 0.717) is 48.8 Å². The van der Waals surface area contributed by atoms with E-state index in [0.717, 1.165) is 12.0 Å². The molecule has 31 heavy (non-hydrogen) atoms. The Balaban J connectivity index is 2.05. The molecular formula is C22H29N5O4. The lowest BCUT2D eigenvalue weighted by Gasteiger charge is -2.17. The Hall–Kier alpha value is -3.04. The highest BCUT2D eigenvalue weighted by molar-refractivity contribution is 5.80. The lowest BCUT2D eigenvalue weighted by molar-refractivity contribution is 0.127. The molecule has 0 amide bonds. The summed E-state index contributed by atoms with van der Waals surface area (Å²) in [5, 5.41) is 12.6. The van der Waals surface area contributed by atoms with Crippen molar-refractivity contribution in [3.05, 3.63) is 40.9 Å². The molecule has 1 atom stereocenters. The summed E-state index contributed by atoms with van der Waals surface area (Å²) in [5.74, 6) is 0.714. The van der Waals surface area contributed by atoms with Crippen LogP contribution in [0.1, 0.15) is 26.7 Å². The van der Waals surface area contributed by atoms with Gasteiger partial charge in [-0.25, -0.2) is 9.97 Å². The number of anilines is 1. The van der Waals surface area contributed by atoms with Crippen molar-refractivity contribution in [3.8, 4) is 17.1 Å². The van der Waals surface area contributed by atoms with Crippen molar-refractivity contribution in [1.29, 1.82) is 0 Å². The highest BCUT2D eigenvalue weighted by Gasteiger charge is 2.15. The third-order valence-corrected chi connectivity index (χ3v) is 4.94. The molecule has 0 aromatic carbocycles. The van der Waals surface area contributed by atoms with Gasteiger partial charge in [-0.3, -0.25) is 9.78 Å². The number of fused-ring (bicyclic) bond motifs is 1. The topological polar surface area (TPSA) is 111 Å². The van der Waals surface area contributed by atoms with Gasteiger partial charge >= 0.3 is 0 Å². The van der Waals surface area contributed by atoms with E-state index in [4.69, 9.17) is 9.47 Å². The second-order valence-corrected chi connectivity index (χ2v) is 7.11. The van der Waals surface area contributed by atoms with Crippen molar-refractivity contribution in [1.82, 2.24) is 19.5 Å². The number of aliphatic hydroxyl groups excluding tert-OH is 1. The van der Waals surface area contributed by atoms with Crippen LogP contribution in [0.25, 0.3) is 22.3 Å². The standard InChI is InChI=1S/C22H29N5O4/c1-4-9-31-10-8-27-19-11-17(15-6-7-20(30-3)24-12-15)23-13-18(19)26-21(22(27)29)25-16(5-2)14-28/h6-7,11-13,16,28H,4-5,8-10,14H2,1-3H3,(H,25,26)/t16-/m1/s1. The number of hydrogen-bond donors (Lipinski definition) is 2. The van der Waals surface area contributed by atoms with Crippen molar-refractivity contribution in [2.24, 2.45) is 0 Å². The minimum atomic E-state index is -0.260. The van der Waals surface area contributed by atoms with Crippen LogP contribution in [0.4, 0.5) is 5.82 Å². The molecule has 166 valence electrons. The van der Waals surface area contributed by atoms with Crippen LogP contribution < -0.4 is 15.6 Å². The molecule has 9 heteroatoms. The molecule has 0 saturated carbocycles. The predicted molar refractivity (Wildman–Crippen MR) is 119 cm³/mol. The Morgan fingerprint density at radius 2 is 2.03 bits per heavy atom. The van der Waals surface area contributed by atoms with Gasteiger partial charge in [-0.1, -0.05) is 13.8 Å². The second-order valence-electron chi connectivity index (χ2n) is 7.11. The number of nitrogens with one attached hydrogen (secondary N) is 1. The maximum Gasteiger partial charge on any atom is 0.293 e. The Morgan fingerprint density at radius 1 is 1.19 bits per heavy atom. The molecule has 0 spiro atoms. The van der Waals surface area contributed by atoms with Crippen LogP contribution in [0.3, 0.4) is 0 Å². The van der Waals surface area contributed by atoms with Gasteiger partial charge in [0.25, 0.3) is 5.56 Å². The number of rotatable bonds is 11. The predicted octanol–water partition coefficient (Wildman–Crippen LogP) is 2.47. The number of hydrogen-bond acceptors (Lipinski definition) is 8. The maximum absolute atomic E-state index is 13.2. The van der Waals surface area contributed by atoms with E-state index in [1.807, 2.05) is 26.0 Å². The Labute approximate surface area is 181 Å². The highest BCUT2D eigenvalue weighted by atomic mass is 16.5. The zero-order valence-electron chi connectivity index (χ0n) is 18.2. The summed E-state index contributed by atoms with van der Waals surface area (Å²) >= 11 is 0. The summed E-state index contributed by atoms with van der Waals surface area (Å²) in [7, 11) is 1.56. The number of ether oxygens (including phenoxy) is 2. The summed E-state index contributed by atoms with van der Waals surface area (Å²) in [4.78, 5) is 26.4. The number of pyridine rings is 2. The molecule has 0 aliphatic heterocycles. The third-order valence-electron chi connectivity index (χ3n) is 4.94. The van der Waals surface area contributed by atoms with Crippen molar-refractivity contribution in [2.45, 2.75) is 39.3 Å². The summed E-state index contributed by atoms with van der Waals surface area (Å²) in [6.45, 7) is 5.31. The van der Waals surface area contributed by atoms with Crippen LogP contribution in [-0.2, 0) is 11.3 Å². The molecule has 0 aliphatic rings. The van der Waals surface area contributed by atoms with Crippen molar-refractivity contribution in [2.75, 3.05) is 32.2 Å². The molecule has 9 nitrogen and oxygen atoms in total. The van der Waals surface area contributed by atoms with E-state index >= 15 is 0 Å². The summed E-state index contributed by atoms with van der Waals surface area (Å²) in [6, 6.07) is 5.21. The minimum absolute atomic E-state index is 0.0864. The van der Waals surface area contributed by atoms with Crippen molar-refractivity contribution >= 4 is 16.9 Å². The SMILES string of the molecule is CCCOCCn1c(=O)c(N[C@H](CC)CO)nc2cnc(-c3ccc(OC)nc3)cc21. The largest absolute Gasteiger partial charge is 0.481 e. The van der Waals surface area contributed by atoms with Gasteiger partial charge in [-0.15, -0.1) is 0 Å². The van der Waals surface area contributed by atoms with Gasteiger partial charge in [0.1, 0.15) is 5.52 Å². The van der Waals surface area contributed by atoms with Crippen LogP contribution in [0.15, 0.2) is 35.4 Å². The van der Waals surface area contributed by atoms with Crippen LogP contribution in [0.2, 0.25) is 0 Å². The lowest BCUT2D eigenvalue weighted by atomic mass is 10.2. The molecule has 0 fully saturated rings. The average molecular weight is 428 g/mol. The van der Waals surface area contributed by atoms with Crippen LogP contribution in [0, 0.1) is 0 Å². The van der Waals surface area contributed by atoms with E-state index in [9.17, 15) is 9.90 Å². The first-order chi connectivity index (χ1) is 15.1. The third kappa shape index (κ3) is 5.36. The van der Waals surface area contributed by atoms with Crippen molar-refractivity contribution < 1.29 is 14.6 Å². The van der Waals surface area contributed by atoms with E-state index < -0.39 is 0 Å². The lowest BCUT2D eigenvalue weighted by Crippen LogP contribution is -2.32. The number of methoxy groups -OCH3 is 1. The second kappa shape index (κ2) is 10.8. The zero-order chi connectivity index (χ0) is 22.2. The Kier molecular flexibility index (Phi) is 7.91. The maximum atomic E-state index is 13.2. The van der Waals surface area contributed by atoms with Gasteiger partial charge in [-0.05, 0) is 25.0 Å². The molecule has 3 aromatic rings. The number of nitrogens with zero attached hydrogens (tertiary/aromatic N) is 4. The molecule has 0 bridgehead atoms. The van der Waals surface area contributed by atoms with Crippen molar-refractivity contribution in [3.63, 3.8) is 0 Å². The summed E-state index contributed by atoms with van der Waals surface area (Å²) in [6.07, 6.45) is 4.89. The fourth-order valence-corrected chi connectivity index (χ4v) is 3.14. The van der Waals surface area contributed by atoms with Gasteiger partial charge in [0.15, 0.2) is 5.82 Å². The molecule has 0 unspecified atom stereocenters. The quantitative estimate of drug-likeness (QED) is 0.449. The zero-order valence-corrected chi connectivity index (χ0v) is 18.2.